The fourth-order valence-electron chi connectivity index (χ4n) is 4.85. The Hall–Kier alpha value is -2.54. The van der Waals surface area contributed by atoms with Crippen molar-refractivity contribution in [3.63, 3.8) is 0 Å². The number of morpholine rings is 2. The lowest BCUT2D eigenvalue weighted by atomic mass is 10.1. The molecule has 0 atom stereocenters. The number of carbonyl (C=O) groups is 1. The molecule has 5 rings (SSSR count). The number of hydrogen-bond acceptors (Lipinski definition) is 9. The summed E-state index contributed by atoms with van der Waals surface area (Å²) < 4.78 is 11.7. The Kier molecular flexibility index (Phi) is 9.97. The van der Waals surface area contributed by atoms with Gasteiger partial charge in [0.25, 0.3) is 11.6 Å². The van der Waals surface area contributed by atoms with Crippen LogP contribution in [0.4, 0.5) is 16.5 Å². The second-order valence-corrected chi connectivity index (χ2v) is 10.8. The number of nitro benzene ring substituents is 1. The first-order chi connectivity index (χ1) is 18.4. The summed E-state index contributed by atoms with van der Waals surface area (Å²) in [5, 5.41) is 13.2. The lowest BCUT2D eigenvalue weighted by Gasteiger charge is -2.29. The molecule has 39 heavy (non-hydrogen) atoms. The Morgan fingerprint density at radius 2 is 1.82 bits per heavy atom. The molecule has 2 aliphatic heterocycles. The highest BCUT2D eigenvalue weighted by Crippen LogP contribution is 2.35. The van der Waals surface area contributed by atoms with Gasteiger partial charge in [0, 0.05) is 55.9 Å². The minimum atomic E-state index is -0.423. The van der Waals surface area contributed by atoms with Crippen LogP contribution < -0.4 is 9.80 Å². The molecule has 2 aromatic carbocycles. The Morgan fingerprint density at radius 3 is 2.51 bits per heavy atom. The van der Waals surface area contributed by atoms with Gasteiger partial charge in [-0.05, 0) is 43.2 Å². The first-order valence-corrected chi connectivity index (χ1v) is 13.9. The molecule has 0 saturated carbocycles. The van der Waals surface area contributed by atoms with Crippen LogP contribution in [0, 0.1) is 17.0 Å². The average Bonchev–Trinajstić information content (AvgIpc) is 3.35. The second kappa shape index (κ2) is 13.2. The number of anilines is 2. The van der Waals surface area contributed by atoms with Gasteiger partial charge < -0.3 is 14.4 Å². The molecule has 2 aliphatic rings. The van der Waals surface area contributed by atoms with Crippen LogP contribution in [0.25, 0.3) is 10.2 Å². The van der Waals surface area contributed by atoms with Gasteiger partial charge in [0.05, 0.1) is 41.6 Å². The van der Waals surface area contributed by atoms with E-state index in [1.807, 2.05) is 24.0 Å². The zero-order chi connectivity index (χ0) is 26.6. The Labute approximate surface area is 242 Å². The Bertz CT molecular complexity index is 1330. The number of halogens is 2. The highest BCUT2D eigenvalue weighted by Gasteiger charge is 2.27. The van der Waals surface area contributed by atoms with Crippen molar-refractivity contribution >= 4 is 68.0 Å². The molecular weight excluding hydrogens is 565 g/mol. The van der Waals surface area contributed by atoms with E-state index in [0.717, 1.165) is 41.8 Å². The SMILES string of the molecule is Cc1cc(Cl)cc2sc(N(CCCN3CCOCC3)C(=O)c3ccc(N4CCOCC4)c([N+](=O)[O-])c3)nc12.Cl. The molecular formula is C26H31Cl2N5O5S. The summed E-state index contributed by atoms with van der Waals surface area (Å²) in [6.45, 7) is 8.48. The fraction of sp³-hybridized carbons (Fsp3) is 0.462. The third kappa shape index (κ3) is 6.79. The largest absolute Gasteiger partial charge is 0.379 e. The van der Waals surface area contributed by atoms with Gasteiger partial charge in [-0.3, -0.25) is 24.7 Å². The van der Waals surface area contributed by atoms with Gasteiger partial charge in [0.1, 0.15) is 5.69 Å². The Morgan fingerprint density at radius 1 is 1.13 bits per heavy atom. The molecule has 1 aromatic heterocycles. The summed E-state index contributed by atoms with van der Waals surface area (Å²) in [4.78, 5) is 36.1. The molecule has 0 N–H and O–H groups in total. The van der Waals surface area contributed by atoms with Crippen molar-refractivity contribution < 1.29 is 19.2 Å². The number of ether oxygens (including phenoxy) is 2. The summed E-state index contributed by atoms with van der Waals surface area (Å²) in [5.41, 5.74) is 2.40. The molecule has 0 spiro atoms. The van der Waals surface area contributed by atoms with Crippen LogP contribution in [-0.4, -0.2) is 86.4 Å². The third-order valence-electron chi connectivity index (χ3n) is 6.85. The molecule has 2 fully saturated rings. The molecule has 10 nitrogen and oxygen atoms in total. The summed E-state index contributed by atoms with van der Waals surface area (Å²) in [6, 6.07) is 8.43. The zero-order valence-corrected chi connectivity index (χ0v) is 24.0. The number of aryl methyl sites for hydroxylation is 1. The number of nitro groups is 1. The van der Waals surface area contributed by atoms with Crippen molar-refractivity contribution in [1.29, 1.82) is 0 Å². The predicted molar refractivity (Wildman–Crippen MR) is 156 cm³/mol. The number of fused-ring (bicyclic) bond motifs is 1. The number of benzene rings is 2. The van der Waals surface area contributed by atoms with E-state index in [0.29, 0.717) is 61.9 Å². The van der Waals surface area contributed by atoms with Crippen LogP contribution in [0.5, 0.6) is 0 Å². The van der Waals surface area contributed by atoms with Gasteiger partial charge in [-0.25, -0.2) is 4.98 Å². The second-order valence-electron chi connectivity index (χ2n) is 9.39. The van der Waals surface area contributed by atoms with Crippen LogP contribution in [-0.2, 0) is 9.47 Å². The summed E-state index contributed by atoms with van der Waals surface area (Å²) >= 11 is 7.67. The molecule has 1 amide bonds. The van der Waals surface area contributed by atoms with Gasteiger partial charge in [-0.1, -0.05) is 22.9 Å². The lowest BCUT2D eigenvalue weighted by Crippen LogP contribution is -2.39. The lowest BCUT2D eigenvalue weighted by molar-refractivity contribution is -0.384. The van der Waals surface area contributed by atoms with Gasteiger partial charge in [0.15, 0.2) is 5.13 Å². The molecule has 2 saturated heterocycles. The molecule has 3 heterocycles. The smallest absolute Gasteiger partial charge is 0.293 e. The fourth-order valence-corrected chi connectivity index (χ4v) is 6.29. The van der Waals surface area contributed by atoms with Crippen molar-refractivity contribution in [2.45, 2.75) is 13.3 Å². The number of amides is 1. The minimum Gasteiger partial charge on any atom is -0.379 e. The molecule has 0 aliphatic carbocycles. The van der Waals surface area contributed by atoms with Crippen LogP contribution >= 0.6 is 35.3 Å². The van der Waals surface area contributed by atoms with E-state index >= 15 is 0 Å². The van der Waals surface area contributed by atoms with E-state index in [1.54, 1.807) is 17.0 Å². The molecule has 13 heteroatoms. The van der Waals surface area contributed by atoms with Crippen LogP contribution in [0.15, 0.2) is 30.3 Å². The molecule has 0 radical (unpaired) electrons. The topological polar surface area (TPSA) is 101 Å². The van der Waals surface area contributed by atoms with Gasteiger partial charge in [-0.2, -0.15) is 0 Å². The van der Waals surface area contributed by atoms with Crippen molar-refractivity contribution in [3.05, 3.63) is 56.6 Å². The summed E-state index contributed by atoms with van der Waals surface area (Å²) in [6.07, 6.45) is 0.732. The number of aromatic nitrogens is 1. The van der Waals surface area contributed by atoms with Crippen LogP contribution in [0.1, 0.15) is 22.3 Å². The maximum Gasteiger partial charge on any atom is 0.293 e. The number of rotatable bonds is 8. The standard InChI is InChI=1S/C26H30ClN5O5S.ClH/c1-18-15-20(27)17-23-24(18)28-26(38-23)31(6-2-5-29-7-11-36-12-8-29)25(33)19-3-4-21(22(16-19)32(34)35)30-9-13-37-14-10-30;/h3-4,15-17H,2,5-14H2,1H3;1H. The van der Waals surface area contributed by atoms with E-state index in [9.17, 15) is 14.9 Å². The van der Waals surface area contributed by atoms with Gasteiger partial charge >= 0.3 is 0 Å². The normalized spacial score (nSPS) is 16.2. The van der Waals surface area contributed by atoms with Gasteiger partial charge in [-0.15, -0.1) is 12.4 Å². The third-order valence-corrected chi connectivity index (χ3v) is 8.09. The molecule has 210 valence electrons. The summed E-state index contributed by atoms with van der Waals surface area (Å²) in [5.74, 6) is -0.314. The maximum absolute atomic E-state index is 13.9. The first-order valence-electron chi connectivity index (χ1n) is 12.7. The van der Waals surface area contributed by atoms with Crippen molar-refractivity contribution in [2.24, 2.45) is 0 Å². The van der Waals surface area contributed by atoms with Crippen molar-refractivity contribution in [2.75, 3.05) is 75.5 Å². The number of hydrogen-bond donors (Lipinski definition) is 0. The number of carbonyl (C=O) groups excluding carboxylic acids is 1. The maximum atomic E-state index is 13.9. The monoisotopic (exact) mass is 595 g/mol. The molecule has 0 unspecified atom stereocenters. The van der Waals surface area contributed by atoms with E-state index in [2.05, 4.69) is 4.90 Å². The van der Waals surface area contributed by atoms with Crippen molar-refractivity contribution in [1.82, 2.24) is 9.88 Å². The van der Waals surface area contributed by atoms with Crippen molar-refractivity contribution in [3.8, 4) is 0 Å². The zero-order valence-electron chi connectivity index (χ0n) is 21.6. The van der Waals surface area contributed by atoms with E-state index < -0.39 is 4.92 Å². The Balaban J connectivity index is 0.00000353. The summed E-state index contributed by atoms with van der Waals surface area (Å²) in [7, 11) is 0. The number of nitrogens with zero attached hydrogens (tertiary/aromatic N) is 5. The van der Waals surface area contributed by atoms with Crippen LogP contribution in [0.3, 0.4) is 0 Å². The quantitative estimate of drug-likeness (QED) is 0.270. The van der Waals surface area contributed by atoms with Gasteiger partial charge in [0.2, 0.25) is 0 Å². The van der Waals surface area contributed by atoms with Crippen LogP contribution in [0.2, 0.25) is 5.02 Å². The van der Waals surface area contributed by atoms with E-state index in [1.165, 1.54) is 17.4 Å². The predicted octanol–water partition coefficient (Wildman–Crippen LogP) is 4.79. The number of thiazole rings is 1. The highest BCUT2D eigenvalue weighted by molar-refractivity contribution is 7.22. The molecule has 0 bridgehead atoms. The minimum absolute atomic E-state index is 0. The van der Waals surface area contributed by atoms with E-state index in [4.69, 9.17) is 26.1 Å². The highest BCUT2D eigenvalue weighted by atomic mass is 35.5. The first kappa shape index (κ1) is 29.4. The molecule has 3 aromatic rings. The van der Waals surface area contributed by atoms with E-state index in [-0.39, 0.29) is 29.6 Å². The average molecular weight is 597 g/mol.